The summed E-state index contributed by atoms with van der Waals surface area (Å²) in [5.41, 5.74) is 6.66. The summed E-state index contributed by atoms with van der Waals surface area (Å²) < 4.78 is 50.8. The van der Waals surface area contributed by atoms with Gasteiger partial charge in [0.25, 0.3) is 0 Å². The normalized spacial score (nSPS) is 10.8. The van der Waals surface area contributed by atoms with Gasteiger partial charge in [0.05, 0.1) is 17.6 Å². The van der Waals surface area contributed by atoms with Gasteiger partial charge in [-0.1, -0.05) is 18.2 Å². The van der Waals surface area contributed by atoms with Gasteiger partial charge in [0.1, 0.15) is 0 Å². The van der Waals surface area contributed by atoms with E-state index in [1.165, 1.54) is 17.0 Å². The fourth-order valence-corrected chi connectivity index (χ4v) is 2.14. The molecule has 0 unspecified atom stereocenters. The van der Waals surface area contributed by atoms with Crippen molar-refractivity contribution >= 4 is 11.4 Å². The lowest BCUT2D eigenvalue weighted by molar-refractivity contribution is -0.137. The highest BCUT2D eigenvalue weighted by Gasteiger charge is 2.31. The van der Waals surface area contributed by atoms with Gasteiger partial charge in [-0.15, -0.1) is 0 Å². The van der Waals surface area contributed by atoms with E-state index in [0.29, 0.717) is 5.69 Å². The zero-order valence-electron chi connectivity index (χ0n) is 14.0. The lowest BCUT2D eigenvalue weighted by Gasteiger charge is -2.10. The van der Waals surface area contributed by atoms with Crippen LogP contribution < -0.4 is 11.1 Å². The van der Waals surface area contributed by atoms with Crippen molar-refractivity contribution in [3.8, 4) is 5.69 Å². The maximum absolute atomic E-state index is 12.6. The van der Waals surface area contributed by atoms with Crippen molar-refractivity contribution in [2.45, 2.75) is 13.1 Å². The molecule has 0 spiro atoms. The van der Waals surface area contributed by atoms with E-state index < -0.39 is 18.5 Å². The van der Waals surface area contributed by atoms with Crippen molar-refractivity contribution in [3.05, 3.63) is 72.3 Å². The molecule has 3 aromatic rings. The fourth-order valence-electron chi connectivity index (χ4n) is 2.14. The predicted molar refractivity (Wildman–Crippen MR) is 93.8 cm³/mol. The predicted octanol–water partition coefficient (Wildman–Crippen LogP) is 4.81. The van der Waals surface area contributed by atoms with E-state index >= 15 is 0 Å². The highest BCUT2D eigenvalue weighted by molar-refractivity contribution is 5.51. The van der Waals surface area contributed by atoms with Crippen molar-refractivity contribution in [2.75, 3.05) is 17.8 Å². The topological polar surface area (TPSA) is 55.9 Å². The molecular formula is C18H18F4N4. The molecule has 0 saturated heterocycles. The second kappa shape index (κ2) is 8.37. The number of nitrogens with zero attached hydrogens (tertiary/aromatic N) is 2. The summed E-state index contributed by atoms with van der Waals surface area (Å²) in [4.78, 5) is 3.96. The van der Waals surface area contributed by atoms with E-state index in [1.807, 2.05) is 30.3 Å². The van der Waals surface area contributed by atoms with Crippen LogP contribution >= 0.6 is 0 Å². The van der Waals surface area contributed by atoms with Crippen LogP contribution in [0, 0.1) is 6.92 Å². The Labute approximate surface area is 148 Å². The van der Waals surface area contributed by atoms with Crippen molar-refractivity contribution in [1.29, 1.82) is 0 Å². The second-order valence-corrected chi connectivity index (χ2v) is 5.41. The number of hydrogen-bond donors (Lipinski definition) is 2. The number of aryl methyl sites for hydroxylation is 1. The zero-order chi connectivity index (χ0) is 19.2. The molecule has 0 radical (unpaired) electrons. The van der Waals surface area contributed by atoms with Crippen molar-refractivity contribution in [2.24, 2.45) is 0 Å². The molecule has 0 amide bonds. The number of alkyl halides is 4. The van der Waals surface area contributed by atoms with E-state index in [4.69, 9.17) is 5.73 Å². The minimum Gasteiger partial charge on any atom is -0.399 e. The molecule has 1 heterocycles. The largest absolute Gasteiger partial charge is 0.416 e. The Morgan fingerprint density at radius 3 is 2.35 bits per heavy atom. The molecule has 0 aliphatic rings. The monoisotopic (exact) mass is 366 g/mol. The van der Waals surface area contributed by atoms with E-state index in [-0.39, 0.29) is 5.69 Å². The Morgan fingerprint density at radius 1 is 1.12 bits per heavy atom. The minimum atomic E-state index is -4.40. The quantitative estimate of drug-likeness (QED) is 0.397. The third kappa shape index (κ3) is 5.51. The minimum absolute atomic E-state index is 0.0705. The van der Waals surface area contributed by atoms with Crippen LogP contribution in [-0.4, -0.2) is 16.3 Å². The number of benzene rings is 2. The highest BCUT2D eigenvalue weighted by Crippen LogP contribution is 2.32. The molecule has 8 heteroatoms. The molecule has 0 aliphatic heterocycles. The van der Waals surface area contributed by atoms with Gasteiger partial charge < -0.3 is 15.6 Å². The van der Waals surface area contributed by atoms with Gasteiger partial charge in [0, 0.05) is 23.3 Å². The van der Waals surface area contributed by atoms with Gasteiger partial charge in [0.2, 0.25) is 0 Å². The molecule has 26 heavy (non-hydrogen) atoms. The first-order chi connectivity index (χ1) is 12.3. The van der Waals surface area contributed by atoms with Crippen LogP contribution in [0.25, 0.3) is 5.69 Å². The smallest absolute Gasteiger partial charge is 0.399 e. The molecule has 0 saturated carbocycles. The Bertz CT molecular complexity index is 829. The first-order valence-electron chi connectivity index (χ1n) is 7.63. The Balaban J connectivity index is 0.000000228. The number of nitrogen functional groups attached to an aromatic ring is 1. The standard InChI is InChI=1S/C11H10F3N3.C7H8FN/c1-7-5-17(6-16-7)10-3-8(11(12,13)14)2-9(15)4-10;8-6-9-7-4-2-1-3-5-7/h2-6H,15H2,1H3;1-5,9H,6H2. The Hall–Kier alpha value is -3.03. The molecule has 3 N–H and O–H groups in total. The number of hydrogen-bond acceptors (Lipinski definition) is 3. The molecule has 0 bridgehead atoms. The first kappa shape index (κ1) is 19.3. The number of para-hydroxylation sites is 1. The van der Waals surface area contributed by atoms with Crippen LogP contribution in [0.1, 0.15) is 11.3 Å². The van der Waals surface area contributed by atoms with Gasteiger partial charge >= 0.3 is 6.18 Å². The second-order valence-electron chi connectivity index (χ2n) is 5.41. The van der Waals surface area contributed by atoms with Gasteiger partial charge in [-0.2, -0.15) is 13.2 Å². The average Bonchev–Trinajstić information content (AvgIpc) is 3.02. The lowest BCUT2D eigenvalue weighted by Crippen LogP contribution is -2.07. The van der Waals surface area contributed by atoms with Gasteiger partial charge in [-0.25, -0.2) is 9.37 Å². The van der Waals surface area contributed by atoms with Crippen LogP contribution in [0.15, 0.2) is 61.1 Å². The maximum Gasteiger partial charge on any atom is 0.416 e. The summed E-state index contributed by atoms with van der Waals surface area (Å²) in [5.74, 6) is 0. The summed E-state index contributed by atoms with van der Waals surface area (Å²) in [6.45, 7) is 1.25. The Kier molecular flexibility index (Phi) is 6.21. The molecule has 4 nitrogen and oxygen atoms in total. The van der Waals surface area contributed by atoms with Crippen molar-refractivity contribution < 1.29 is 17.6 Å². The van der Waals surface area contributed by atoms with E-state index in [2.05, 4.69) is 10.3 Å². The molecule has 0 atom stereocenters. The molecule has 138 valence electrons. The summed E-state index contributed by atoms with van der Waals surface area (Å²) in [6.07, 6.45) is -1.32. The number of rotatable bonds is 3. The maximum atomic E-state index is 12.6. The van der Waals surface area contributed by atoms with E-state index in [9.17, 15) is 17.6 Å². The van der Waals surface area contributed by atoms with Crippen molar-refractivity contribution in [3.63, 3.8) is 0 Å². The van der Waals surface area contributed by atoms with Crippen LogP contribution in [0.3, 0.4) is 0 Å². The summed E-state index contributed by atoms with van der Waals surface area (Å²) >= 11 is 0. The number of aromatic nitrogens is 2. The number of halogens is 4. The SMILES string of the molecule is Cc1cn(-c2cc(N)cc(C(F)(F)F)c2)cn1.FCNc1ccccc1. The third-order valence-corrected chi connectivity index (χ3v) is 3.32. The molecule has 1 aromatic heterocycles. The van der Waals surface area contributed by atoms with Crippen LogP contribution in [0.4, 0.5) is 28.9 Å². The zero-order valence-corrected chi connectivity index (χ0v) is 14.0. The highest BCUT2D eigenvalue weighted by atomic mass is 19.4. The number of imidazole rings is 1. The number of nitrogens with two attached hydrogens (primary N) is 1. The van der Waals surface area contributed by atoms with Crippen LogP contribution in [-0.2, 0) is 6.18 Å². The Morgan fingerprint density at radius 2 is 1.81 bits per heavy atom. The molecule has 3 rings (SSSR count). The average molecular weight is 366 g/mol. The van der Waals surface area contributed by atoms with E-state index in [1.54, 1.807) is 13.1 Å². The van der Waals surface area contributed by atoms with Gasteiger partial charge in [0.15, 0.2) is 6.80 Å². The van der Waals surface area contributed by atoms with Crippen molar-refractivity contribution in [1.82, 2.24) is 9.55 Å². The number of nitrogens with one attached hydrogen (secondary N) is 1. The third-order valence-electron chi connectivity index (χ3n) is 3.32. The number of anilines is 2. The van der Waals surface area contributed by atoms with Crippen LogP contribution in [0.2, 0.25) is 0 Å². The summed E-state index contributed by atoms with van der Waals surface area (Å²) in [5, 5.41) is 2.54. The fraction of sp³-hybridized carbons (Fsp3) is 0.167. The molecule has 2 aromatic carbocycles. The lowest BCUT2D eigenvalue weighted by atomic mass is 10.1. The van der Waals surface area contributed by atoms with Gasteiger partial charge in [-0.05, 0) is 37.3 Å². The molecule has 0 fully saturated rings. The van der Waals surface area contributed by atoms with E-state index in [0.717, 1.165) is 23.5 Å². The molecular weight excluding hydrogens is 348 g/mol. The summed E-state index contributed by atoms with van der Waals surface area (Å²) in [7, 11) is 0. The molecule has 0 aliphatic carbocycles. The van der Waals surface area contributed by atoms with Gasteiger partial charge in [-0.3, -0.25) is 0 Å². The summed E-state index contributed by atoms with van der Waals surface area (Å²) in [6, 6.07) is 12.7. The van der Waals surface area contributed by atoms with Crippen LogP contribution in [0.5, 0.6) is 0 Å². The first-order valence-corrected chi connectivity index (χ1v) is 7.63.